The Hall–Kier alpha value is -6.91. The van der Waals surface area contributed by atoms with E-state index in [0.29, 0.717) is 16.0 Å². The first-order valence-corrected chi connectivity index (χ1v) is 15.5. The molecule has 0 aromatic heterocycles. The van der Waals surface area contributed by atoms with Crippen LogP contribution in [0.4, 0.5) is 19.3 Å². The topological polar surface area (TPSA) is 233 Å². The summed E-state index contributed by atoms with van der Waals surface area (Å²) in [6, 6.07) is 9.23. The fourth-order valence-corrected chi connectivity index (χ4v) is 5.58. The predicted octanol–water partition coefficient (Wildman–Crippen LogP) is 5.14. The lowest BCUT2D eigenvalue weighted by Crippen LogP contribution is -2.37. The number of amides is 1. The van der Waals surface area contributed by atoms with E-state index in [0.717, 1.165) is 24.3 Å². The molecule has 1 aliphatic heterocycles. The quantitative estimate of drug-likeness (QED) is 0.0493. The van der Waals surface area contributed by atoms with Gasteiger partial charge in [0.15, 0.2) is 17.4 Å². The molecular weight excluding hydrogens is 706 g/mol. The van der Waals surface area contributed by atoms with E-state index in [-0.39, 0.29) is 69.4 Å². The van der Waals surface area contributed by atoms with Crippen molar-refractivity contribution in [3.8, 4) is 39.7 Å². The largest absolute Gasteiger partial charge is 0.505 e. The Balaban J connectivity index is 1.58. The Morgan fingerprint density at radius 3 is 2.17 bits per heavy atom. The van der Waals surface area contributed by atoms with Gasteiger partial charge in [-0.25, -0.2) is 23.2 Å². The Kier molecular flexibility index (Phi) is 10.7. The first-order valence-electron chi connectivity index (χ1n) is 15.5. The van der Waals surface area contributed by atoms with E-state index in [4.69, 9.17) is 13.9 Å². The van der Waals surface area contributed by atoms with E-state index in [1.807, 2.05) is 0 Å². The molecule has 6 N–H and O–H groups in total. The molecule has 1 heterocycles. The van der Waals surface area contributed by atoms with Crippen molar-refractivity contribution in [1.29, 1.82) is 0 Å². The summed E-state index contributed by atoms with van der Waals surface area (Å²) in [6.07, 6.45) is -1.55. The lowest BCUT2D eigenvalue weighted by Gasteiger charge is -2.23. The number of benzene rings is 4. The number of phenolic OH excluding ortho intramolecular Hbond substituents is 1. The number of anilines is 1. The molecule has 53 heavy (non-hydrogen) atoms. The van der Waals surface area contributed by atoms with Crippen molar-refractivity contribution >= 4 is 40.7 Å². The van der Waals surface area contributed by atoms with E-state index in [1.54, 1.807) is 19.9 Å². The van der Waals surface area contributed by atoms with Crippen LogP contribution in [-0.4, -0.2) is 80.2 Å². The maximum Gasteiger partial charge on any atom is 0.408 e. The number of carbonyl (C=O) groups is 4. The highest BCUT2D eigenvalue weighted by molar-refractivity contribution is 6.03. The van der Waals surface area contributed by atoms with Crippen LogP contribution < -0.4 is 20.2 Å². The summed E-state index contributed by atoms with van der Waals surface area (Å²) in [4.78, 5) is 59.2. The molecule has 3 aromatic rings. The number of halogens is 2. The second kappa shape index (κ2) is 15.1. The number of nitrogens with zero attached hydrogens (tertiary/aromatic N) is 1. The van der Waals surface area contributed by atoms with Gasteiger partial charge < -0.3 is 44.7 Å². The van der Waals surface area contributed by atoms with Crippen LogP contribution in [0.3, 0.4) is 0 Å². The smallest absolute Gasteiger partial charge is 0.408 e. The van der Waals surface area contributed by atoms with E-state index < -0.39 is 65.9 Å². The predicted molar refractivity (Wildman–Crippen MR) is 182 cm³/mol. The molecule has 0 bridgehead atoms. The Bertz CT molecular complexity index is 2290. The number of rotatable bonds is 14. The van der Waals surface area contributed by atoms with Gasteiger partial charge in [-0.1, -0.05) is 6.07 Å². The summed E-state index contributed by atoms with van der Waals surface area (Å²) < 4.78 is 47.1. The third-order valence-corrected chi connectivity index (χ3v) is 8.01. The third-order valence-electron chi connectivity index (χ3n) is 8.01. The average Bonchev–Trinajstić information content (AvgIpc) is 3.07. The monoisotopic (exact) mass is 736 g/mol. The Morgan fingerprint density at radius 2 is 1.53 bits per heavy atom. The molecule has 0 saturated heterocycles. The van der Waals surface area contributed by atoms with Gasteiger partial charge in [-0.15, -0.1) is 0 Å². The minimum atomic E-state index is -1.99. The van der Waals surface area contributed by atoms with Crippen LogP contribution in [0, 0.1) is 25.5 Å². The minimum absolute atomic E-state index is 0.00694. The molecule has 3 aromatic carbocycles. The lowest BCUT2D eigenvalue weighted by molar-refractivity contribution is -0.148. The maximum absolute atomic E-state index is 14.8. The lowest BCUT2D eigenvalue weighted by atomic mass is 9.89. The van der Waals surface area contributed by atoms with Gasteiger partial charge in [0.1, 0.15) is 42.6 Å². The van der Waals surface area contributed by atoms with Gasteiger partial charge in [0.2, 0.25) is 11.5 Å². The summed E-state index contributed by atoms with van der Waals surface area (Å²) in [6.45, 7) is 1.45. The summed E-state index contributed by atoms with van der Waals surface area (Å²) in [5.41, 5.74) is 0.748. The highest BCUT2D eigenvalue weighted by Crippen LogP contribution is 2.44. The molecule has 0 radical (unpaired) electrons. The number of nitrogens with one attached hydrogen (secondary N) is 1. The van der Waals surface area contributed by atoms with Crippen molar-refractivity contribution in [3.05, 3.63) is 93.1 Å². The van der Waals surface area contributed by atoms with E-state index in [1.165, 1.54) is 24.3 Å². The number of aryl methyl sites for hydroxylation is 2. The number of hydrogen-bond acceptors (Lipinski definition) is 10. The number of fused-ring (bicyclic) bond motifs is 2. The minimum Gasteiger partial charge on any atom is -0.505 e. The van der Waals surface area contributed by atoms with Gasteiger partial charge in [0, 0.05) is 34.2 Å². The molecule has 276 valence electrons. The molecule has 0 spiro atoms. The normalized spacial score (nSPS) is 11.1. The van der Waals surface area contributed by atoms with Crippen LogP contribution in [-0.2, 0) is 20.9 Å². The molecule has 17 heteroatoms. The van der Waals surface area contributed by atoms with E-state index in [9.17, 15) is 58.3 Å². The van der Waals surface area contributed by atoms with Crippen LogP contribution >= 0.6 is 0 Å². The van der Waals surface area contributed by atoms with Crippen molar-refractivity contribution in [2.24, 2.45) is 0 Å². The van der Waals surface area contributed by atoms with Crippen molar-refractivity contribution in [2.45, 2.75) is 26.4 Å². The Morgan fingerprint density at radius 1 is 0.849 bits per heavy atom. The number of aliphatic carboxylic acids is 3. The van der Waals surface area contributed by atoms with Gasteiger partial charge >= 0.3 is 24.0 Å². The van der Waals surface area contributed by atoms with Crippen molar-refractivity contribution in [2.75, 3.05) is 25.1 Å². The fourth-order valence-electron chi connectivity index (χ4n) is 5.58. The molecule has 0 fully saturated rings. The standard InChI is InChI=1S/C36H30F2N2O13/c1-16-3-4-24(39-33(34(45)46)35(47)48)30(7-16)52-6-5-51-27-11-19(17(2)8-18(27)14-40(36(49)50)15-31(43)44)32-20-9-22(37)25(41)12-28(20)53-29-13-26(42)23(38)10-21(29)32/h3-4,7-13,33,39,41H,5-6,14-15H2,1-2H3,(H,43,44)(H,45,46)(H,47,48)(H,49,50). The zero-order chi connectivity index (χ0) is 38.7. The fraction of sp³-hybridized carbons (Fsp3) is 0.194. The van der Waals surface area contributed by atoms with Crippen LogP contribution in [0.2, 0.25) is 0 Å². The highest BCUT2D eigenvalue weighted by atomic mass is 19.1. The SMILES string of the molecule is Cc1ccc(NC(C(=O)O)C(=O)O)c(OCCOc2cc(-c3c4cc(F)c(=O)cc-4oc4cc(O)c(F)cc34)c(C)cc2CN(CC(=O)O)C(=O)O)c1. The van der Waals surface area contributed by atoms with Crippen molar-refractivity contribution in [3.63, 3.8) is 0 Å². The zero-order valence-electron chi connectivity index (χ0n) is 27.8. The first-order chi connectivity index (χ1) is 25.0. The van der Waals surface area contributed by atoms with Crippen molar-refractivity contribution < 1.29 is 67.4 Å². The Labute approximate surface area is 297 Å². The number of ether oxygens (including phenoxy) is 2. The number of aromatic hydroxyl groups is 1. The number of hydrogen-bond donors (Lipinski definition) is 6. The second-order valence-corrected chi connectivity index (χ2v) is 11.8. The summed E-state index contributed by atoms with van der Waals surface area (Å²) in [5.74, 6) is -7.66. The molecule has 15 nitrogen and oxygen atoms in total. The molecule has 5 rings (SSSR count). The number of phenols is 1. The number of carboxylic acid groups (broad SMARTS) is 4. The molecule has 0 atom stereocenters. The van der Waals surface area contributed by atoms with Crippen LogP contribution in [0.25, 0.3) is 33.4 Å². The molecule has 0 saturated carbocycles. The summed E-state index contributed by atoms with van der Waals surface area (Å²) in [7, 11) is 0. The van der Waals surface area contributed by atoms with Crippen molar-refractivity contribution in [1.82, 2.24) is 4.90 Å². The first kappa shape index (κ1) is 37.3. The van der Waals surface area contributed by atoms with Gasteiger partial charge in [0.05, 0.1) is 12.2 Å². The van der Waals surface area contributed by atoms with E-state index in [2.05, 4.69) is 5.32 Å². The summed E-state index contributed by atoms with van der Waals surface area (Å²) >= 11 is 0. The molecule has 2 aliphatic rings. The maximum atomic E-state index is 14.8. The van der Waals surface area contributed by atoms with Gasteiger partial charge in [-0.2, -0.15) is 0 Å². The van der Waals surface area contributed by atoms with Gasteiger partial charge in [-0.05, 0) is 66.9 Å². The van der Waals surface area contributed by atoms with Crippen LogP contribution in [0.5, 0.6) is 17.2 Å². The van der Waals surface area contributed by atoms with Gasteiger partial charge in [-0.3, -0.25) is 14.5 Å². The second-order valence-electron chi connectivity index (χ2n) is 11.8. The summed E-state index contributed by atoms with van der Waals surface area (Å²) in [5, 5.41) is 50.2. The molecule has 1 aliphatic carbocycles. The molecule has 1 amide bonds. The van der Waals surface area contributed by atoms with E-state index >= 15 is 0 Å². The average molecular weight is 737 g/mol. The van der Waals surface area contributed by atoms with Crippen LogP contribution in [0.1, 0.15) is 16.7 Å². The number of carboxylic acids is 3. The van der Waals surface area contributed by atoms with Gasteiger partial charge in [0.25, 0.3) is 0 Å². The highest BCUT2D eigenvalue weighted by Gasteiger charge is 2.27. The van der Waals surface area contributed by atoms with Crippen LogP contribution in [0.15, 0.2) is 63.8 Å². The third kappa shape index (κ3) is 8.19. The zero-order valence-corrected chi connectivity index (χ0v) is 27.8. The molecular formula is C36H30F2N2O13. The molecule has 0 unspecified atom stereocenters.